The summed E-state index contributed by atoms with van der Waals surface area (Å²) >= 11 is 0. The van der Waals surface area contributed by atoms with Gasteiger partial charge in [-0.1, -0.05) is 6.07 Å². The van der Waals surface area contributed by atoms with Crippen molar-refractivity contribution in [2.24, 2.45) is 0 Å². The Hall–Kier alpha value is -3.09. The maximum Gasteiger partial charge on any atom is 0.411 e. The molecule has 2 aliphatic rings. The van der Waals surface area contributed by atoms with Gasteiger partial charge in [0.05, 0.1) is 25.9 Å². The summed E-state index contributed by atoms with van der Waals surface area (Å²) in [6.45, 7) is 3.57. The predicted octanol–water partition coefficient (Wildman–Crippen LogP) is 3.45. The number of aliphatic hydroxyl groups is 1. The Morgan fingerprint density at radius 2 is 2.00 bits per heavy atom. The number of hydrogen-bond acceptors (Lipinski definition) is 7. The minimum Gasteiger partial charge on any atom is -0.475 e. The maximum absolute atomic E-state index is 12.8. The maximum atomic E-state index is 12.8. The first-order valence-corrected chi connectivity index (χ1v) is 12.2. The van der Waals surface area contributed by atoms with E-state index in [0.717, 1.165) is 22.5 Å². The number of anilines is 2. The van der Waals surface area contributed by atoms with E-state index in [1.54, 1.807) is 12.1 Å². The van der Waals surface area contributed by atoms with Crippen LogP contribution in [0.2, 0.25) is 0 Å². The lowest BCUT2D eigenvalue weighted by molar-refractivity contribution is -0.183. The molecule has 0 radical (unpaired) electrons. The molecule has 0 aliphatic carbocycles. The van der Waals surface area contributed by atoms with Gasteiger partial charge >= 0.3 is 12.2 Å². The second-order valence-corrected chi connectivity index (χ2v) is 8.97. The van der Waals surface area contributed by atoms with Crippen molar-refractivity contribution in [1.82, 2.24) is 9.88 Å². The van der Waals surface area contributed by atoms with Crippen LogP contribution in [0.15, 0.2) is 30.3 Å². The Kier molecular flexibility index (Phi) is 8.72. The third kappa shape index (κ3) is 7.46. The number of morpholine rings is 1. The van der Waals surface area contributed by atoms with E-state index >= 15 is 0 Å². The van der Waals surface area contributed by atoms with E-state index in [4.69, 9.17) is 14.2 Å². The highest BCUT2D eigenvalue weighted by Gasteiger charge is 2.33. The summed E-state index contributed by atoms with van der Waals surface area (Å²) in [5.74, 6) is 1.10. The quantitative estimate of drug-likeness (QED) is 0.546. The zero-order valence-corrected chi connectivity index (χ0v) is 20.6. The van der Waals surface area contributed by atoms with Crippen molar-refractivity contribution in [2.45, 2.75) is 25.6 Å². The molecule has 37 heavy (non-hydrogen) atoms. The van der Waals surface area contributed by atoms with Crippen molar-refractivity contribution in [3.8, 4) is 17.0 Å². The second-order valence-electron chi connectivity index (χ2n) is 8.97. The van der Waals surface area contributed by atoms with E-state index in [0.29, 0.717) is 50.8 Å². The largest absolute Gasteiger partial charge is 0.475 e. The van der Waals surface area contributed by atoms with E-state index < -0.39 is 24.9 Å². The molecule has 2 fully saturated rings. The number of aromatic nitrogens is 1. The average Bonchev–Trinajstić information content (AvgIpc) is 3.37. The lowest BCUT2D eigenvalue weighted by Crippen LogP contribution is -2.36. The zero-order chi connectivity index (χ0) is 26.4. The fourth-order valence-corrected chi connectivity index (χ4v) is 4.30. The molecule has 3 heterocycles. The predicted molar refractivity (Wildman–Crippen MR) is 131 cm³/mol. The summed E-state index contributed by atoms with van der Waals surface area (Å²) in [4.78, 5) is 20.9. The number of aliphatic hydroxyl groups excluding tert-OH is 1. The number of urea groups is 1. The molecule has 1 aromatic heterocycles. The van der Waals surface area contributed by atoms with Crippen LogP contribution < -0.4 is 15.0 Å². The Bertz CT molecular complexity index is 1080. The van der Waals surface area contributed by atoms with Gasteiger partial charge < -0.3 is 34.4 Å². The fraction of sp³-hybridized carbons (Fsp3) is 0.520. The van der Waals surface area contributed by atoms with Crippen LogP contribution in [0.4, 0.5) is 29.5 Å². The molecule has 2 aliphatic heterocycles. The number of nitrogens with one attached hydrogen (secondary N) is 1. The Labute approximate surface area is 213 Å². The fourth-order valence-electron chi connectivity index (χ4n) is 4.30. The molecule has 4 rings (SSSR count). The first-order valence-electron chi connectivity index (χ1n) is 12.2. The van der Waals surface area contributed by atoms with Crippen LogP contribution in [0.5, 0.6) is 5.88 Å². The van der Waals surface area contributed by atoms with Gasteiger partial charge in [0, 0.05) is 37.9 Å². The van der Waals surface area contributed by atoms with Crippen LogP contribution in [0.1, 0.15) is 12.0 Å². The number of ether oxygens (including phenoxy) is 3. The van der Waals surface area contributed by atoms with Crippen molar-refractivity contribution in [3.63, 3.8) is 0 Å². The molecule has 0 unspecified atom stereocenters. The number of carbonyl (C=O) groups excluding carboxylic acids is 1. The highest BCUT2D eigenvalue weighted by molar-refractivity contribution is 5.90. The summed E-state index contributed by atoms with van der Waals surface area (Å²) in [6, 6.07) is 8.84. The summed E-state index contributed by atoms with van der Waals surface area (Å²) in [7, 11) is 0. The van der Waals surface area contributed by atoms with Crippen LogP contribution in [-0.2, 0) is 9.47 Å². The molecule has 202 valence electrons. The van der Waals surface area contributed by atoms with Gasteiger partial charge in [-0.15, -0.1) is 0 Å². The van der Waals surface area contributed by atoms with E-state index in [1.165, 1.54) is 4.90 Å². The van der Waals surface area contributed by atoms with Gasteiger partial charge in [0.1, 0.15) is 19.0 Å². The zero-order valence-electron chi connectivity index (χ0n) is 20.6. The number of carbonyl (C=O) groups is 1. The summed E-state index contributed by atoms with van der Waals surface area (Å²) in [5, 5.41) is 12.0. The van der Waals surface area contributed by atoms with Crippen molar-refractivity contribution >= 4 is 17.5 Å². The smallest absolute Gasteiger partial charge is 0.411 e. The number of halogens is 3. The van der Waals surface area contributed by atoms with Crippen molar-refractivity contribution < 1.29 is 37.3 Å². The molecular formula is C25H31F3N4O5. The number of amides is 2. The number of hydrogen-bond donors (Lipinski definition) is 2. The van der Waals surface area contributed by atoms with Crippen LogP contribution in [-0.4, -0.2) is 92.5 Å². The molecule has 2 N–H and O–H groups in total. The number of aryl methyl sites for hydroxylation is 1. The minimum absolute atomic E-state index is 0.0967. The van der Waals surface area contributed by atoms with Crippen LogP contribution in [0.25, 0.3) is 11.1 Å². The topological polar surface area (TPSA) is 96.4 Å². The monoisotopic (exact) mass is 524 g/mol. The van der Waals surface area contributed by atoms with Crippen molar-refractivity contribution in [2.75, 3.05) is 69.4 Å². The number of likely N-dealkylation sites (tertiary alicyclic amines) is 1. The van der Waals surface area contributed by atoms with E-state index in [9.17, 15) is 23.1 Å². The molecule has 12 heteroatoms. The minimum atomic E-state index is -4.40. The highest BCUT2D eigenvalue weighted by atomic mass is 19.4. The van der Waals surface area contributed by atoms with Crippen LogP contribution in [0.3, 0.4) is 0 Å². The Morgan fingerprint density at radius 1 is 1.22 bits per heavy atom. The van der Waals surface area contributed by atoms with Gasteiger partial charge in [0.15, 0.2) is 0 Å². The van der Waals surface area contributed by atoms with Gasteiger partial charge in [-0.3, -0.25) is 0 Å². The molecule has 0 saturated carbocycles. The van der Waals surface area contributed by atoms with Gasteiger partial charge in [0.25, 0.3) is 0 Å². The van der Waals surface area contributed by atoms with Crippen LogP contribution in [0, 0.1) is 6.92 Å². The first kappa shape index (κ1) is 27.0. The lowest BCUT2D eigenvalue weighted by Gasteiger charge is -2.28. The van der Waals surface area contributed by atoms with Crippen molar-refractivity contribution in [1.29, 1.82) is 0 Å². The number of benzene rings is 1. The average molecular weight is 525 g/mol. The van der Waals surface area contributed by atoms with Crippen molar-refractivity contribution in [3.05, 3.63) is 35.9 Å². The van der Waals surface area contributed by atoms with E-state index in [2.05, 4.69) is 15.2 Å². The molecule has 2 aromatic rings. The molecule has 2 amide bonds. The molecular weight excluding hydrogens is 493 g/mol. The molecule has 0 bridgehead atoms. The first-order chi connectivity index (χ1) is 17.7. The third-order valence-electron chi connectivity index (χ3n) is 6.18. The summed E-state index contributed by atoms with van der Waals surface area (Å²) in [6.07, 6.45) is -4.69. The van der Waals surface area contributed by atoms with Crippen LogP contribution >= 0.6 is 0 Å². The number of pyridine rings is 1. The normalized spacial score (nSPS) is 18.2. The Morgan fingerprint density at radius 3 is 2.73 bits per heavy atom. The SMILES string of the molecule is Cc1ccc(NC(=O)N2CC[C@H](OCC(F)(F)F)C2)cc1-c1cc(OCCO)nc(N2CCOCC2)c1. The molecule has 1 atom stereocenters. The number of nitrogens with zero attached hydrogens (tertiary/aromatic N) is 3. The number of rotatable bonds is 8. The standard InChI is InChI=1S/C25H31F3N4O5/c1-17-2-3-19(29-24(34)32-5-4-20(15-32)37-16-25(26,27)28)14-21(17)18-12-22(31-6-9-35-10-7-31)30-23(13-18)36-11-8-33/h2-3,12-14,20,33H,4-11,15-16H2,1H3,(H,29,34)/t20-/m0/s1. The molecule has 9 nitrogen and oxygen atoms in total. The second kappa shape index (κ2) is 12.0. The van der Waals surface area contributed by atoms with Gasteiger partial charge in [-0.2, -0.15) is 18.2 Å². The number of alkyl halides is 3. The van der Waals surface area contributed by atoms with E-state index in [-0.39, 0.29) is 19.8 Å². The molecule has 0 spiro atoms. The molecule has 1 aromatic carbocycles. The van der Waals surface area contributed by atoms with Gasteiger partial charge in [-0.05, 0) is 48.2 Å². The summed E-state index contributed by atoms with van der Waals surface area (Å²) < 4.78 is 53.3. The Balaban J connectivity index is 1.50. The van der Waals surface area contributed by atoms with Gasteiger partial charge in [0.2, 0.25) is 5.88 Å². The van der Waals surface area contributed by atoms with E-state index in [1.807, 2.05) is 25.1 Å². The highest BCUT2D eigenvalue weighted by Crippen LogP contribution is 2.32. The van der Waals surface area contributed by atoms with Gasteiger partial charge in [-0.25, -0.2) is 4.79 Å². The third-order valence-corrected chi connectivity index (χ3v) is 6.18. The summed E-state index contributed by atoms with van der Waals surface area (Å²) in [5.41, 5.74) is 3.20. The lowest BCUT2D eigenvalue weighted by atomic mass is 10.0. The molecule has 2 saturated heterocycles.